The lowest BCUT2D eigenvalue weighted by atomic mass is 10.1. The summed E-state index contributed by atoms with van der Waals surface area (Å²) in [6.07, 6.45) is 5.61. The van der Waals surface area contributed by atoms with Crippen LogP contribution in [0.1, 0.15) is 24.5 Å². The zero-order valence-electron chi connectivity index (χ0n) is 13.9. The first-order chi connectivity index (χ1) is 11.8. The third-order valence-corrected chi connectivity index (χ3v) is 5.55. The van der Waals surface area contributed by atoms with Crippen LogP contribution in [0.2, 0.25) is 0 Å². The molecule has 1 fully saturated rings. The molecule has 1 aliphatic heterocycles. The van der Waals surface area contributed by atoms with Crippen LogP contribution in [0.4, 0.5) is 11.6 Å². The van der Waals surface area contributed by atoms with E-state index in [2.05, 4.69) is 26.4 Å². The first kappa shape index (κ1) is 17.0. The zero-order valence-corrected chi connectivity index (χ0v) is 14.7. The van der Waals surface area contributed by atoms with Crippen molar-refractivity contribution < 1.29 is 5.11 Å². The number of aliphatic hydroxyl groups excluding tert-OH is 1. The Labute approximate surface area is 147 Å². The van der Waals surface area contributed by atoms with Gasteiger partial charge in [0.1, 0.15) is 18.0 Å². The number of anilines is 2. The third kappa shape index (κ3) is 4.39. The van der Waals surface area contributed by atoms with E-state index in [9.17, 15) is 5.11 Å². The number of hydrogen-bond acceptors (Lipinski definition) is 6. The van der Waals surface area contributed by atoms with Gasteiger partial charge in [-0.1, -0.05) is 30.3 Å². The fourth-order valence-corrected chi connectivity index (χ4v) is 3.61. The topological polar surface area (TPSA) is 61.3 Å². The maximum Gasteiger partial charge on any atom is 0.134 e. The molecule has 0 radical (unpaired) electrons. The van der Waals surface area contributed by atoms with Crippen LogP contribution in [-0.4, -0.2) is 46.2 Å². The number of aromatic nitrogens is 2. The van der Waals surface area contributed by atoms with E-state index in [1.807, 2.05) is 48.2 Å². The highest BCUT2D eigenvalue weighted by atomic mass is 32.2. The summed E-state index contributed by atoms with van der Waals surface area (Å²) in [6.45, 7) is 2.50. The normalized spacial score (nSPS) is 16.8. The maximum absolute atomic E-state index is 10.2. The Balaban J connectivity index is 1.57. The number of nitrogens with one attached hydrogen (secondary N) is 1. The lowest BCUT2D eigenvalue weighted by Crippen LogP contribution is -2.35. The number of aliphatic hydroxyl groups is 1. The van der Waals surface area contributed by atoms with Crippen LogP contribution < -0.4 is 10.2 Å². The highest BCUT2D eigenvalue weighted by molar-refractivity contribution is 7.99. The van der Waals surface area contributed by atoms with E-state index in [4.69, 9.17) is 0 Å². The summed E-state index contributed by atoms with van der Waals surface area (Å²) >= 11 is 1.96. The lowest BCUT2D eigenvalue weighted by molar-refractivity contribution is 0.191. The number of thioether (sulfide) groups is 1. The molecule has 1 aromatic heterocycles. The highest BCUT2D eigenvalue weighted by Gasteiger charge is 2.19. The van der Waals surface area contributed by atoms with Crippen LogP contribution in [0.25, 0.3) is 0 Å². The van der Waals surface area contributed by atoms with Crippen molar-refractivity contribution in [1.82, 2.24) is 9.97 Å². The van der Waals surface area contributed by atoms with E-state index in [1.54, 1.807) is 6.33 Å². The van der Waals surface area contributed by atoms with Gasteiger partial charge in [-0.05, 0) is 24.7 Å². The van der Waals surface area contributed by atoms with Crippen molar-refractivity contribution in [3.8, 4) is 0 Å². The number of benzene rings is 1. The molecule has 1 aromatic carbocycles. The minimum absolute atomic E-state index is 0.426. The molecule has 3 rings (SSSR count). The van der Waals surface area contributed by atoms with Gasteiger partial charge in [-0.25, -0.2) is 9.97 Å². The summed E-state index contributed by atoms with van der Waals surface area (Å²) in [7, 11) is 0. The second kappa shape index (κ2) is 8.35. The molecule has 0 unspecified atom stereocenters. The fraction of sp³-hybridized carbons (Fsp3) is 0.444. The van der Waals surface area contributed by atoms with Gasteiger partial charge in [0.25, 0.3) is 0 Å². The molecule has 1 aliphatic rings. The van der Waals surface area contributed by atoms with Gasteiger partial charge in [0.05, 0.1) is 6.10 Å². The summed E-state index contributed by atoms with van der Waals surface area (Å²) in [6, 6.07) is 11.6. The summed E-state index contributed by atoms with van der Waals surface area (Å²) in [5.74, 6) is 1.71. The molecule has 2 aromatic rings. The van der Waals surface area contributed by atoms with Crippen molar-refractivity contribution in [2.24, 2.45) is 0 Å². The monoisotopic (exact) mass is 344 g/mol. The number of hydrogen-bond donors (Lipinski definition) is 2. The first-order valence-electron chi connectivity index (χ1n) is 8.33. The van der Waals surface area contributed by atoms with E-state index in [0.717, 1.165) is 35.5 Å². The Kier molecular flexibility index (Phi) is 5.93. The van der Waals surface area contributed by atoms with Gasteiger partial charge in [0.2, 0.25) is 0 Å². The molecular weight excluding hydrogens is 320 g/mol. The molecule has 0 aliphatic carbocycles. The van der Waals surface area contributed by atoms with Crippen molar-refractivity contribution in [2.75, 3.05) is 36.1 Å². The Morgan fingerprint density at radius 3 is 2.71 bits per heavy atom. The highest BCUT2D eigenvalue weighted by Crippen LogP contribution is 2.25. The molecule has 0 saturated carbocycles. The molecular formula is C18H24N4OS. The minimum atomic E-state index is -0.554. The Morgan fingerprint density at radius 2 is 2.00 bits per heavy atom. The molecule has 24 heavy (non-hydrogen) atoms. The largest absolute Gasteiger partial charge is 0.387 e. The summed E-state index contributed by atoms with van der Waals surface area (Å²) in [5, 5.41) is 14.2. The van der Waals surface area contributed by atoms with E-state index < -0.39 is 6.10 Å². The van der Waals surface area contributed by atoms with Crippen molar-refractivity contribution in [2.45, 2.75) is 24.2 Å². The molecule has 0 amide bonds. The number of nitrogens with zero attached hydrogens (tertiary/aromatic N) is 3. The van der Waals surface area contributed by atoms with Crippen LogP contribution in [0, 0.1) is 0 Å². The first-order valence-corrected chi connectivity index (χ1v) is 9.61. The molecule has 0 spiro atoms. The maximum atomic E-state index is 10.2. The summed E-state index contributed by atoms with van der Waals surface area (Å²) in [5.41, 5.74) is 0.901. The smallest absolute Gasteiger partial charge is 0.134 e. The average Bonchev–Trinajstić information content (AvgIpc) is 2.67. The van der Waals surface area contributed by atoms with E-state index >= 15 is 0 Å². The van der Waals surface area contributed by atoms with E-state index in [1.165, 1.54) is 12.8 Å². The summed E-state index contributed by atoms with van der Waals surface area (Å²) in [4.78, 5) is 11.0. The second-order valence-electron chi connectivity index (χ2n) is 5.99. The predicted molar refractivity (Wildman–Crippen MR) is 101 cm³/mol. The predicted octanol–water partition coefficient (Wildman–Crippen LogP) is 2.95. The molecule has 5 nitrogen and oxygen atoms in total. The Bertz CT molecular complexity index is 632. The van der Waals surface area contributed by atoms with E-state index in [-0.39, 0.29) is 0 Å². The minimum Gasteiger partial charge on any atom is -0.387 e. The van der Waals surface area contributed by atoms with Gasteiger partial charge in [-0.3, -0.25) is 0 Å². The van der Waals surface area contributed by atoms with Gasteiger partial charge in [0.15, 0.2) is 0 Å². The van der Waals surface area contributed by atoms with Crippen LogP contribution >= 0.6 is 11.8 Å². The molecule has 2 N–H and O–H groups in total. The summed E-state index contributed by atoms with van der Waals surface area (Å²) < 4.78 is 0. The van der Waals surface area contributed by atoms with Crippen molar-refractivity contribution in [3.63, 3.8) is 0 Å². The van der Waals surface area contributed by atoms with Gasteiger partial charge < -0.3 is 15.3 Å². The van der Waals surface area contributed by atoms with Crippen LogP contribution in [-0.2, 0) is 0 Å². The average molecular weight is 344 g/mol. The van der Waals surface area contributed by atoms with Crippen molar-refractivity contribution in [1.29, 1.82) is 0 Å². The van der Waals surface area contributed by atoms with Crippen molar-refractivity contribution >= 4 is 23.4 Å². The van der Waals surface area contributed by atoms with Crippen LogP contribution in [0.3, 0.4) is 0 Å². The van der Waals surface area contributed by atoms with Gasteiger partial charge in [-0.15, -0.1) is 0 Å². The third-order valence-electron chi connectivity index (χ3n) is 4.41. The molecule has 0 bridgehead atoms. The zero-order chi connectivity index (χ0) is 16.8. The molecule has 128 valence electrons. The molecule has 1 saturated heterocycles. The quantitative estimate of drug-likeness (QED) is 0.840. The fourth-order valence-electron chi connectivity index (χ4n) is 2.93. The lowest BCUT2D eigenvalue weighted by Gasteiger charge is -2.32. The van der Waals surface area contributed by atoms with Gasteiger partial charge >= 0.3 is 0 Å². The number of rotatable bonds is 6. The standard InChI is InChI=1S/C18H24N4OS/c1-24-15-7-9-22(10-8-15)18-11-17(20-13-21-18)19-12-16(23)14-5-3-2-4-6-14/h2-6,11,13,15-16,23H,7-10,12H2,1H3,(H,19,20,21)/t16-/m0/s1. The second-order valence-corrected chi connectivity index (χ2v) is 7.13. The Hall–Kier alpha value is -1.79. The molecule has 2 heterocycles. The SMILES string of the molecule is CSC1CCN(c2cc(NC[C@H](O)c3ccccc3)ncn2)CC1. The van der Waals surface area contributed by atoms with Gasteiger partial charge in [0, 0.05) is 31.0 Å². The molecule has 1 atom stereocenters. The van der Waals surface area contributed by atoms with Crippen LogP contribution in [0.15, 0.2) is 42.7 Å². The van der Waals surface area contributed by atoms with Crippen LogP contribution in [0.5, 0.6) is 0 Å². The van der Waals surface area contributed by atoms with E-state index in [0.29, 0.717) is 6.54 Å². The van der Waals surface area contributed by atoms with Gasteiger partial charge in [-0.2, -0.15) is 11.8 Å². The molecule has 6 heteroatoms. The van der Waals surface area contributed by atoms with Crippen molar-refractivity contribution in [3.05, 3.63) is 48.3 Å². The number of piperidine rings is 1. The Morgan fingerprint density at radius 1 is 1.25 bits per heavy atom.